The smallest absolute Gasteiger partial charge is 0.320 e. The lowest BCUT2D eigenvalue weighted by molar-refractivity contribution is -0.143. The summed E-state index contributed by atoms with van der Waals surface area (Å²) in [5.41, 5.74) is 5.44. The van der Waals surface area contributed by atoms with Gasteiger partial charge >= 0.3 is 5.97 Å². The first kappa shape index (κ1) is 14.3. The van der Waals surface area contributed by atoms with Crippen molar-refractivity contribution in [2.75, 3.05) is 7.05 Å². The fraction of sp³-hybridized carbons (Fsp3) is 0.800. The first-order valence-electron chi connectivity index (χ1n) is 5.13. The van der Waals surface area contributed by atoms with Crippen molar-refractivity contribution in [3.05, 3.63) is 0 Å². The SMILES string of the molecule is CCCC(C(=O)O)N(C)C(C)CC(N)=S. The molecule has 0 aliphatic heterocycles. The summed E-state index contributed by atoms with van der Waals surface area (Å²) in [5, 5.41) is 9.05. The number of hydrogen-bond acceptors (Lipinski definition) is 3. The average Bonchev–Trinajstić information content (AvgIpc) is 2.11. The van der Waals surface area contributed by atoms with Crippen molar-refractivity contribution < 1.29 is 9.90 Å². The summed E-state index contributed by atoms with van der Waals surface area (Å²) < 4.78 is 0. The van der Waals surface area contributed by atoms with Crippen LogP contribution in [-0.2, 0) is 4.79 Å². The number of carboxylic acid groups (broad SMARTS) is 1. The average molecular weight is 232 g/mol. The lowest BCUT2D eigenvalue weighted by Crippen LogP contribution is -2.44. The minimum atomic E-state index is -0.783. The molecule has 0 spiro atoms. The first-order chi connectivity index (χ1) is 6.90. The topological polar surface area (TPSA) is 66.6 Å². The molecule has 0 radical (unpaired) electrons. The fourth-order valence-electron chi connectivity index (χ4n) is 1.52. The van der Waals surface area contributed by atoms with Crippen LogP contribution in [0.4, 0.5) is 0 Å². The number of likely N-dealkylation sites (N-methyl/N-ethyl adjacent to an activating group) is 1. The van der Waals surface area contributed by atoms with E-state index in [2.05, 4.69) is 0 Å². The molecule has 4 nitrogen and oxygen atoms in total. The highest BCUT2D eigenvalue weighted by Gasteiger charge is 2.25. The molecule has 0 aromatic carbocycles. The molecule has 0 amide bonds. The van der Waals surface area contributed by atoms with Crippen molar-refractivity contribution in [2.24, 2.45) is 5.73 Å². The molecular formula is C10H20N2O2S. The Morgan fingerprint density at radius 3 is 2.47 bits per heavy atom. The van der Waals surface area contributed by atoms with Crippen LogP contribution in [0.2, 0.25) is 0 Å². The van der Waals surface area contributed by atoms with Crippen LogP contribution in [0.3, 0.4) is 0 Å². The van der Waals surface area contributed by atoms with Crippen LogP contribution < -0.4 is 5.73 Å². The number of hydrogen-bond donors (Lipinski definition) is 2. The second kappa shape index (κ2) is 6.74. The Balaban J connectivity index is 4.40. The zero-order valence-electron chi connectivity index (χ0n) is 9.56. The molecule has 0 aliphatic carbocycles. The van der Waals surface area contributed by atoms with E-state index in [1.54, 1.807) is 7.05 Å². The van der Waals surface area contributed by atoms with Gasteiger partial charge in [-0.05, 0) is 20.4 Å². The van der Waals surface area contributed by atoms with Crippen LogP contribution in [-0.4, -0.2) is 40.1 Å². The van der Waals surface area contributed by atoms with Crippen LogP contribution in [0.15, 0.2) is 0 Å². The number of nitrogens with two attached hydrogens (primary N) is 1. The lowest BCUT2D eigenvalue weighted by atomic mass is 10.1. The Kier molecular flexibility index (Phi) is 6.43. The van der Waals surface area contributed by atoms with Gasteiger partial charge in [0.25, 0.3) is 0 Å². The third-order valence-corrected chi connectivity index (χ3v) is 2.70. The summed E-state index contributed by atoms with van der Waals surface area (Å²) in [7, 11) is 1.80. The summed E-state index contributed by atoms with van der Waals surface area (Å²) in [6.07, 6.45) is 2.05. The highest BCUT2D eigenvalue weighted by atomic mass is 32.1. The predicted octanol–water partition coefficient (Wildman–Crippen LogP) is 1.24. The van der Waals surface area contributed by atoms with Crippen molar-refractivity contribution in [3.8, 4) is 0 Å². The standard InChI is InChI=1S/C10H20N2O2S/c1-4-5-8(10(13)14)12(3)7(2)6-9(11)15/h7-8H,4-6H2,1-3H3,(H2,11,15)(H,13,14). The molecule has 0 aromatic rings. The Bertz CT molecular complexity index is 233. The summed E-state index contributed by atoms with van der Waals surface area (Å²) >= 11 is 4.81. The number of thiocarbonyl (C=S) groups is 1. The fourth-order valence-corrected chi connectivity index (χ4v) is 1.76. The predicted molar refractivity (Wildman–Crippen MR) is 65.0 cm³/mol. The van der Waals surface area contributed by atoms with Gasteiger partial charge in [-0.1, -0.05) is 25.6 Å². The molecule has 2 unspecified atom stereocenters. The maximum Gasteiger partial charge on any atom is 0.320 e. The molecule has 0 heterocycles. The van der Waals surface area contributed by atoms with Gasteiger partial charge in [0.2, 0.25) is 0 Å². The summed E-state index contributed by atoms with van der Waals surface area (Å²) in [6.45, 7) is 3.91. The molecule has 0 saturated heterocycles. The molecule has 15 heavy (non-hydrogen) atoms. The Morgan fingerprint density at radius 1 is 1.60 bits per heavy atom. The van der Waals surface area contributed by atoms with Crippen molar-refractivity contribution in [1.29, 1.82) is 0 Å². The first-order valence-corrected chi connectivity index (χ1v) is 5.54. The molecule has 2 atom stereocenters. The number of carboxylic acids is 1. The van der Waals surface area contributed by atoms with E-state index in [0.717, 1.165) is 6.42 Å². The number of nitrogens with zero attached hydrogens (tertiary/aromatic N) is 1. The maximum absolute atomic E-state index is 11.0. The normalized spacial score (nSPS) is 14.9. The summed E-state index contributed by atoms with van der Waals surface area (Å²) in [4.78, 5) is 13.3. The molecule has 88 valence electrons. The minimum Gasteiger partial charge on any atom is -0.480 e. The third kappa shape index (κ3) is 5.09. The van der Waals surface area contributed by atoms with E-state index in [1.165, 1.54) is 0 Å². The highest BCUT2D eigenvalue weighted by molar-refractivity contribution is 7.80. The van der Waals surface area contributed by atoms with E-state index >= 15 is 0 Å². The van der Waals surface area contributed by atoms with Crippen LogP contribution in [0.25, 0.3) is 0 Å². The molecule has 0 fully saturated rings. The molecule has 3 N–H and O–H groups in total. The van der Waals surface area contributed by atoms with E-state index in [0.29, 0.717) is 17.8 Å². The van der Waals surface area contributed by atoms with Gasteiger partial charge in [0.05, 0.1) is 4.99 Å². The minimum absolute atomic E-state index is 0.0650. The van der Waals surface area contributed by atoms with Crippen LogP contribution in [0, 0.1) is 0 Å². The number of aliphatic carboxylic acids is 1. The van der Waals surface area contributed by atoms with E-state index < -0.39 is 12.0 Å². The van der Waals surface area contributed by atoms with Gasteiger partial charge in [0.1, 0.15) is 6.04 Å². The van der Waals surface area contributed by atoms with E-state index in [9.17, 15) is 4.79 Å². The van der Waals surface area contributed by atoms with Gasteiger partial charge in [-0.2, -0.15) is 0 Å². The summed E-state index contributed by atoms with van der Waals surface area (Å²) in [5.74, 6) is -0.783. The van der Waals surface area contributed by atoms with Gasteiger partial charge in [-0.25, -0.2) is 0 Å². The number of rotatable bonds is 7. The largest absolute Gasteiger partial charge is 0.480 e. The van der Waals surface area contributed by atoms with Gasteiger partial charge in [0.15, 0.2) is 0 Å². The number of carbonyl (C=O) groups is 1. The van der Waals surface area contributed by atoms with Gasteiger partial charge in [-0.3, -0.25) is 9.69 Å². The van der Waals surface area contributed by atoms with Crippen molar-refractivity contribution in [3.63, 3.8) is 0 Å². The van der Waals surface area contributed by atoms with Crippen LogP contribution in [0.1, 0.15) is 33.1 Å². The van der Waals surface area contributed by atoms with Gasteiger partial charge < -0.3 is 10.8 Å². The maximum atomic E-state index is 11.0. The molecule has 0 aromatic heterocycles. The molecular weight excluding hydrogens is 212 g/mol. The second-order valence-corrected chi connectivity index (χ2v) is 4.35. The molecule has 0 aliphatic rings. The van der Waals surface area contributed by atoms with Crippen LogP contribution >= 0.6 is 12.2 Å². The van der Waals surface area contributed by atoms with Gasteiger partial charge in [0, 0.05) is 12.5 Å². The third-order valence-electron chi connectivity index (χ3n) is 2.53. The lowest BCUT2D eigenvalue weighted by Gasteiger charge is -2.30. The van der Waals surface area contributed by atoms with Gasteiger partial charge in [-0.15, -0.1) is 0 Å². The van der Waals surface area contributed by atoms with Crippen LogP contribution in [0.5, 0.6) is 0 Å². The Hall–Kier alpha value is -0.680. The molecule has 0 saturated carbocycles. The van der Waals surface area contributed by atoms with Crippen molar-refractivity contribution >= 4 is 23.2 Å². The monoisotopic (exact) mass is 232 g/mol. The van der Waals surface area contributed by atoms with E-state index in [1.807, 2.05) is 18.7 Å². The van der Waals surface area contributed by atoms with E-state index in [-0.39, 0.29) is 6.04 Å². The van der Waals surface area contributed by atoms with Crippen molar-refractivity contribution in [2.45, 2.75) is 45.2 Å². The molecule has 5 heteroatoms. The van der Waals surface area contributed by atoms with E-state index in [4.69, 9.17) is 23.1 Å². The second-order valence-electron chi connectivity index (χ2n) is 3.83. The molecule has 0 bridgehead atoms. The summed E-state index contributed by atoms with van der Waals surface area (Å²) in [6, 6.07) is -0.380. The molecule has 0 rings (SSSR count). The van der Waals surface area contributed by atoms with Crippen molar-refractivity contribution in [1.82, 2.24) is 4.90 Å². The zero-order chi connectivity index (χ0) is 12.0. The Morgan fingerprint density at radius 2 is 2.13 bits per heavy atom. The Labute approximate surface area is 96.4 Å². The quantitative estimate of drug-likeness (QED) is 0.646. The highest BCUT2D eigenvalue weighted by Crippen LogP contribution is 2.11. The zero-order valence-corrected chi connectivity index (χ0v) is 10.4.